The molecule has 0 amide bonds. The van der Waals surface area contributed by atoms with E-state index >= 15 is 0 Å². The highest BCUT2D eigenvalue weighted by molar-refractivity contribution is 7.80. The second-order valence-electron chi connectivity index (χ2n) is 2.07. The molecule has 0 fully saturated rings. The molecule has 0 bridgehead atoms. The Morgan fingerprint density at radius 1 is 1.58 bits per heavy atom. The van der Waals surface area contributed by atoms with Gasteiger partial charge in [0.25, 0.3) is 0 Å². The van der Waals surface area contributed by atoms with Gasteiger partial charge in [0.2, 0.25) is 0 Å². The van der Waals surface area contributed by atoms with Crippen molar-refractivity contribution in [3.8, 4) is 0 Å². The molecule has 5 heteroatoms. The lowest BCUT2D eigenvalue weighted by Crippen LogP contribution is -2.36. The molecule has 0 saturated carbocycles. The Bertz CT molecular complexity index is 182. The fourth-order valence-electron chi connectivity index (χ4n) is 0.510. The van der Waals surface area contributed by atoms with E-state index in [0.717, 1.165) is 0 Å². The van der Waals surface area contributed by atoms with Crippen LogP contribution in [-0.2, 0) is 4.79 Å². The van der Waals surface area contributed by atoms with Crippen LogP contribution in [0.15, 0.2) is 12.7 Å². The van der Waals surface area contributed by atoms with E-state index in [1.165, 1.54) is 0 Å². The number of thiocarbonyl (C=S) groups is 1. The Hall–Kier alpha value is -1.10. The van der Waals surface area contributed by atoms with E-state index < -0.39 is 5.97 Å². The Labute approximate surface area is 76.7 Å². The molecule has 0 rings (SSSR count). The minimum Gasteiger partial charge on any atom is -0.481 e. The van der Waals surface area contributed by atoms with Gasteiger partial charge in [0, 0.05) is 13.1 Å². The van der Waals surface area contributed by atoms with Crippen LogP contribution < -0.4 is 10.6 Å². The lowest BCUT2D eigenvalue weighted by atomic mass is 10.4. The van der Waals surface area contributed by atoms with Gasteiger partial charge in [0.1, 0.15) is 0 Å². The highest BCUT2D eigenvalue weighted by Crippen LogP contribution is 1.75. The van der Waals surface area contributed by atoms with Crippen LogP contribution in [0.2, 0.25) is 0 Å². The van der Waals surface area contributed by atoms with Crippen LogP contribution in [-0.4, -0.2) is 29.3 Å². The molecule has 3 N–H and O–H groups in total. The van der Waals surface area contributed by atoms with E-state index in [-0.39, 0.29) is 6.42 Å². The smallest absolute Gasteiger partial charge is 0.305 e. The number of carbonyl (C=O) groups is 1. The number of carboxylic acid groups (broad SMARTS) is 1. The zero-order valence-corrected chi connectivity index (χ0v) is 7.49. The van der Waals surface area contributed by atoms with E-state index in [1.54, 1.807) is 6.08 Å². The molecule has 0 saturated heterocycles. The maximum absolute atomic E-state index is 10.1. The number of carboxylic acids is 1. The average Bonchev–Trinajstić information content (AvgIpc) is 2.00. The summed E-state index contributed by atoms with van der Waals surface area (Å²) in [5.74, 6) is -0.839. The van der Waals surface area contributed by atoms with Crippen LogP contribution in [0, 0.1) is 0 Å². The molecule has 68 valence electrons. The molecule has 0 spiro atoms. The molecular weight excluding hydrogens is 176 g/mol. The van der Waals surface area contributed by atoms with Crippen LogP contribution in [0.3, 0.4) is 0 Å². The summed E-state index contributed by atoms with van der Waals surface area (Å²) in [6.07, 6.45) is 1.74. The molecule has 0 aromatic carbocycles. The highest BCUT2D eigenvalue weighted by Gasteiger charge is 1.96. The van der Waals surface area contributed by atoms with Crippen molar-refractivity contribution in [1.82, 2.24) is 10.6 Å². The molecule has 12 heavy (non-hydrogen) atoms. The summed E-state index contributed by atoms with van der Waals surface area (Å²) in [5, 5.41) is 14.3. The van der Waals surface area contributed by atoms with Gasteiger partial charge in [-0.25, -0.2) is 0 Å². The van der Waals surface area contributed by atoms with Crippen LogP contribution in [0.1, 0.15) is 6.42 Å². The van der Waals surface area contributed by atoms with Gasteiger partial charge in [0.05, 0.1) is 6.42 Å². The summed E-state index contributed by atoms with van der Waals surface area (Å²) in [6, 6.07) is 0. The zero-order chi connectivity index (χ0) is 9.40. The van der Waals surface area contributed by atoms with Crippen molar-refractivity contribution in [2.45, 2.75) is 6.42 Å². The predicted octanol–water partition coefficient (Wildman–Crippen LogP) is 0.111. The number of nitrogens with one attached hydrogen (secondary N) is 2. The largest absolute Gasteiger partial charge is 0.481 e. The molecule has 0 aliphatic rings. The Balaban J connectivity index is 3.31. The van der Waals surface area contributed by atoms with Gasteiger partial charge in [-0.05, 0) is 12.2 Å². The molecule has 0 aromatic heterocycles. The van der Waals surface area contributed by atoms with Crippen molar-refractivity contribution < 1.29 is 9.90 Å². The maximum Gasteiger partial charge on any atom is 0.305 e. The standard InChI is InChI=1S/C7H12N2O2S/c1-2-4-8-7(12)9-5-3-6(10)11/h2H,1,3-5H2,(H,10,11)(H2,8,9,12). The van der Waals surface area contributed by atoms with Crippen molar-refractivity contribution >= 4 is 23.3 Å². The molecule has 0 aliphatic heterocycles. The van der Waals surface area contributed by atoms with E-state index in [1.807, 2.05) is 0 Å². The van der Waals surface area contributed by atoms with Crippen LogP contribution in [0.5, 0.6) is 0 Å². The first-order valence-corrected chi connectivity index (χ1v) is 3.92. The van der Waals surface area contributed by atoms with Crippen molar-refractivity contribution in [1.29, 1.82) is 0 Å². The summed E-state index contributed by atoms with van der Waals surface area (Å²) >= 11 is 4.81. The summed E-state index contributed by atoms with van der Waals surface area (Å²) in [6.45, 7) is 4.42. The first-order valence-electron chi connectivity index (χ1n) is 3.51. The van der Waals surface area contributed by atoms with Crippen LogP contribution in [0.4, 0.5) is 0 Å². The summed E-state index contributed by atoms with van der Waals surface area (Å²) in [4.78, 5) is 10.1. The van der Waals surface area contributed by atoms with Gasteiger partial charge in [-0.15, -0.1) is 6.58 Å². The Morgan fingerprint density at radius 2 is 2.25 bits per heavy atom. The van der Waals surface area contributed by atoms with Gasteiger partial charge in [-0.3, -0.25) is 4.79 Å². The molecule has 0 aliphatic carbocycles. The third-order valence-corrected chi connectivity index (χ3v) is 1.32. The van der Waals surface area contributed by atoms with Gasteiger partial charge in [-0.2, -0.15) is 0 Å². The normalized spacial score (nSPS) is 8.67. The first-order chi connectivity index (χ1) is 5.66. The second kappa shape index (κ2) is 6.60. The van der Waals surface area contributed by atoms with E-state index in [2.05, 4.69) is 17.2 Å². The fraction of sp³-hybridized carbons (Fsp3) is 0.429. The molecule has 0 aromatic rings. The lowest BCUT2D eigenvalue weighted by Gasteiger charge is -2.06. The fourth-order valence-corrected chi connectivity index (χ4v) is 0.696. The van der Waals surface area contributed by atoms with Gasteiger partial charge >= 0.3 is 5.97 Å². The topological polar surface area (TPSA) is 61.4 Å². The Morgan fingerprint density at radius 3 is 2.75 bits per heavy atom. The first kappa shape index (κ1) is 10.9. The van der Waals surface area contributed by atoms with Crippen molar-refractivity contribution in [2.75, 3.05) is 13.1 Å². The van der Waals surface area contributed by atoms with Crippen LogP contribution in [0.25, 0.3) is 0 Å². The number of hydrogen-bond donors (Lipinski definition) is 3. The van der Waals surface area contributed by atoms with Crippen molar-refractivity contribution in [3.63, 3.8) is 0 Å². The number of hydrogen-bond acceptors (Lipinski definition) is 2. The maximum atomic E-state index is 10.1. The molecule has 0 radical (unpaired) electrons. The predicted molar refractivity (Wildman–Crippen MR) is 51.1 cm³/mol. The van der Waals surface area contributed by atoms with Gasteiger partial charge in [0.15, 0.2) is 5.11 Å². The number of aliphatic carboxylic acids is 1. The highest BCUT2D eigenvalue weighted by atomic mass is 32.1. The minimum absolute atomic E-state index is 0.0654. The number of rotatable bonds is 5. The third-order valence-electron chi connectivity index (χ3n) is 1.03. The molecule has 0 atom stereocenters. The van der Waals surface area contributed by atoms with E-state index in [0.29, 0.717) is 18.2 Å². The lowest BCUT2D eigenvalue weighted by molar-refractivity contribution is -0.136. The molecule has 4 nitrogen and oxygen atoms in total. The van der Waals surface area contributed by atoms with Gasteiger partial charge in [-0.1, -0.05) is 6.08 Å². The summed E-state index contributed by atoms with van der Waals surface area (Å²) in [7, 11) is 0. The van der Waals surface area contributed by atoms with Crippen molar-refractivity contribution in [3.05, 3.63) is 12.7 Å². The van der Waals surface area contributed by atoms with E-state index in [4.69, 9.17) is 17.3 Å². The van der Waals surface area contributed by atoms with Crippen molar-refractivity contribution in [2.24, 2.45) is 0 Å². The second-order valence-corrected chi connectivity index (χ2v) is 2.48. The summed E-state index contributed by atoms with van der Waals surface area (Å²) in [5.41, 5.74) is 0. The van der Waals surface area contributed by atoms with Gasteiger partial charge < -0.3 is 15.7 Å². The third kappa shape index (κ3) is 7.01. The SMILES string of the molecule is C=CCNC(=S)NCCC(=O)O. The monoisotopic (exact) mass is 188 g/mol. The molecule has 0 heterocycles. The van der Waals surface area contributed by atoms with E-state index in [9.17, 15) is 4.79 Å². The molecular formula is C7H12N2O2S. The zero-order valence-electron chi connectivity index (χ0n) is 6.67. The Kier molecular flexibility index (Phi) is 6.00. The average molecular weight is 188 g/mol. The molecule has 0 unspecified atom stereocenters. The van der Waals surface area contributed by atoms with Crippen LogP contribution >= 0.6 is 12.2 Å². The summed E-state index contributed by atoms with van der Waals surface area (Å²) < 4.78 is 0. The minimum atomic E-state index is -0.839. The quantitative estimate of drug-likeness (QED) is 0.422.